The quantitative estimate of drug-likeness (QED) is 0.774. The summed E-state index contributed by atoms with van der Waals surface area (Å²) in [5, 5.41) is 6.26. The van der Waals surface area contributed by atoms with Crippen molar-refractivity contribution in [2.24, 2.45) is 16.7 Å². The number of nitrogens with zero attached hydrogens (tertiary/aromatic N) is 2. The number of hydrogen-bond donors (Lipinski definition) is 2. The lowest BCUT2D eigenvalue weighted by molar-refractivity contribution is -0.142. The first kappa shape index (κ1) is 19.2. The van der Waals surface area contributed by atoms with Crippen LogP contribution in [0.15, 0.2) is 24.5 Å². The second kappa shape index (κ2) is 7.42. The molecule has 2 atom stereocenters. The van der Waals surface area contributed by atoms with Crippen LogP contribution in [0.3, 0.4) is 0 Å². The van der Waals surface area contributed by atoms with Crippen molar-refractivity contribution >= 4 is 17.5 Å². The van der Waals surface area contributed by atoms with Crippen molar-refractivity contribution in [3.05, 3.63) is 24.5 Å². The van der Waals surface area contributed by atoms with Crippen LogP contribution in [0.2, 0.25) is 0 Å². The van der Waals surface area contributed by atoms with E-state index in [-0.39, 0.29) is 23.1 Å². The highest BCUT2D eigenvalue weighted by Gasteiger charge is 2.58. The number of carbonyl (C=O) groups excluding carboxylic acids is 2. The van der Waals surface area contributed by atoms with Gasteiger partial charge in [-0.05, 0) is 30.4 Å². The van der Waals surface area contributed by atoms with Crippen molar-refractivity contribution < 1.29 is 9.59 Å². The molecule has 0 aromatic carbocycles. The van der Waals surface area contributed by atoms with Crippen molar-refractivity contribution in [3.63, 3.8) is 0 Å². The molecule has 2 N–H and O–H groups in total. The Labute approximate surface area is 150 Å². The summed E-state index contributed by atoms with van der Waals surface area (Å²) in [6.07, 6.45) is 4.95. The highest BCUT2D eigenvalue weighted by Crippen LogP contribution is 2.56. The van der Waals surface area contributed by atoms with Crippen LogP contribution in [0.25, 0.3) is 0 Å². The maximum Gasteiger partial charge on any atom is 0.226 e. The summed E-state index contributed by atoms with van der Waals surface area (Å²) < 4.78 is 0. The smallest absolute Gasteiger partial charge is 0.226 e. The van der Waals surface area contributed by atoms with E-state index in [1.165, 1.54) is 0 Å². The molecule has 0 radical (unpaired) electrons. The molecular weight excluding hydrogens is 316 g/mol. The number of nitrogens with one attached hydrogen (secondary N) is 2. The molecule has 1 aromatic heterocycles. The zero-order chi connectivity index (χ0) is 18.7. The summed E-state index contributed by atoms with van der Waals surface area (Å²) in [4.78, 5) is 31.0. The summed E-state index contributed by atoms with van der Waals surface area (Å²) in [5.41, 5.74) is 0.00754. The molecule has 0 spiro atoms. The van der Waals surface area contributed by atoms with Gasteiger partial charge in [0.2, 0.25) is 11.8 Å². The molecule has 0 saturated heterocycles. The van der Waals surface area contributed by atoms with Gasteiger partial charge in [-0.2, -0.15) is 0 Å². The van der Waals surface area contributed by atoms with Crippen LogP contribution in [0.1, 0.15) is 33.6 Å². The maximum atomic E-state index is 12.9. The second-order valence-corrected chi connectivity index (χ2v) is 7.80. The Kier molecular flexibility index (Phi) is 5.70. The van der Waals surface area contributed by atoms with E-state index >= 15 is 0 Å². The van der Waals surface area contributed by atoms with E-state index in [1.807, 2.05) is 32.9 Å². The predicted octanol–water partition coefficient (Wildman–Crippen LogP) is 2.14. The van der Waals surface area contributed by atoms with Crippen LogP contribution in [-0.2, 0) is 9.59 Å². The molecule has 1 fully saturated rings. The summed E-state index contributed by atoms with van der Waals surface area (Å²) >= 11 is 0. The molecule has 0 unspecified atom stereocenters. The first-order valence-electron chi connectivity index (χ1n) is 8.83. The summed E-state index contributed by atoms with van der Waals surface area (Å²) in [6.45, 7) is 7.23. The first-order chi connectivity index (χ1) is 11.7. The van der Waals surface area contributed by atoms with Crippen molar-refractivity contribution in [1.29, 1.82) is 0 Å². The van der Waals surface area contributed by atoms with Gasteiger partial charge >= 0.3 is 0 Å². The number of aromatic nitrogens is 1. The number of rotatable bonds is 6. The molecule has 2 rings (SSSR count). The minimum Gasteiger partial charge on any atom is -0.382 e. The topological polar surface area (TPSA) is 74.3 Å². The van der Waals surface area contributed by atoms with E-state index in [9.17, 15) is 9.59 Å². The number of pyridine rings is 1. The molecule has 6 nitrogen and oxygen atoms in total. The van der Waals surface area contributed by atoms with E-state index < -0.39 is 5.41 Å². The molecule has 0 aliphatic heterocycles. The van der Waals surface area contributed by atoms with Gasteiger partial charge < -0.3 is 15.5 Å². The Hall–Kier alpha value is -2.11. The van der Waals surface area contributed by atoms with E-state index in [0.717, 1.165) is 18.5 Å². The van der Waals surface area contributed by atoms with E-state index in [4.69, 9.17) is 0 Å². The third kappa shape index (κ3) is 3.78. The van der Waals surface area contributed by atoms with Gasteiger partial charge in [-0.25, -0.2) is 0 Å². The van der Waals surface area contributed by atoms with Crippen molar-refractivity contribution in [2.75, 3.05) is 32.5 Å². The average molecular weight is 346 g/mol. The Morgan fingerprint density at radius 1 is 1.28 bits per heavy atom. The number of amides is 2. The Balaban J connectivity index is 1.93. The highest BCUT2D eigenvalue weighted by molar-refractivity contribution is 5.87. The first-order valence-corrected chi connectivity index (χ1v) is 8.83. The lowest BCUT2D eigenvalue weighted by atomic mass is 9.65. The number of carbonyl (C=O) groups is 2. The van der Waals surface area contributed by atoms with Gasteiger partial charge in [-0.3, -0.25) is 14.6 Å². The minimum atomic E-state index is -0.544. The zero-order valence-electron chi connectivity index (χ0n) is 15.9. The molecule has 2 amide bonds. The van der Waals surface area contributed by atoms with Crippen LogP contribution < -0.4 is 10.6 Å². The SMILES string of the molecule is CN(C)C(=O)[C@@H]1CC[C@](C)(C(=O)NCCNc2cccnc2)C1(C)C. The molecule has 0 bridgehead atoms. The molecule has 1 aliphatic carbocycles. The van der Waals surface area contributed by atoms with Gasteiger partial charge in [0, 0.05) is 45.5 Å². The molecule has 6 heteroatoms. The monoisotopic (exact) mass is 346 g/mol. The molecule has 1 heterocycles. The fourth-order valence-electron chi connectivity index (χ4n) is 3.70. The van der Waals surface area contributed by atoms with Gasteiger partial charge in [-0.15, -0.1) is 0 Å². The standard InChI is InChI=1S/C19H30N4O2/c1-18(2)15(16(24)23(4)5)8-9-19(18,3)17(25)22-12-11-21-14-7-6-10-20-13-14/h6-7,10,13,15,21H,8-9,11-12H2,1-5H3,(H,22,25)/t15-,19+/m0/s1. The molecule has 25 heavy (non-hydrogen) atoms. The van der Waals surface area contributed by atoms with Crippen molar-refractivity contribution in [1.82, 2.24) is 15.2 Å². The minimum absolute atomic E-state index is 0.0274. The van der Waals surface area contributed by atoms with Gasteiger partial charge in [0.1, 0.15) is 0 Å². The number of anilines is 1. The van der Waals surface area contributed by atoms with E-state index in [1.54, 1.807) is 31.4 Å². The number of hydrogen-bond acceptors (Lipinski definition) is 4. The highest BCUT2D eigenvalue weighted by atomic mass is 16.2. The predicted molar refractivity (Wildman–Crippen MR) is 99.0 cm³/mol. The Bertz CT molecular complexity index is 615. The third-order valence-corrected chi connectivity index (χ3v) is 5.87. The van der Waals surface area contributed by atoms with Gasteiger partial charge in [0.05, 0.1) is 11.1 Å². The van der Waals surface area contributed by atoms with Gasteiger partial charge in [0.25, 0.3) is 0 Å². The average Bonchev–Trinajstić information content (AvgIpc) is 2.82. The van der Waals surface area contributed by atoms with Gasteiger partial charge in [-0.1, -0.05) is 20.8 Å². The summed E-state index contributed by atoms with van der Waals surface area (Å²) in [7, 11) is 3.55. The Morgan fingerprint density at radius 3 is 2.60 bits per heavy atom. The fourth-order valence-corrected chi connectivity index (χ4v) is 3.70. The largest absolute Gasteiger partial charge is 0.382 e. The molecule has 1 saturated carbocycles. The van der Waals surface area contributed by atoms with E-state index in [2.05, 4.69) is 15.6 Å². The summed E-state index contributed by atoms with van der Waals surface area (Å²) in [6, 6.07) is 3.80. The molecular formula is C19H30N4O2. The maximum absolute atomic E-state index is 12.9. The molecule has 1 aromatic rings. The second-order valence-electron chi connectivity index (χ2n) is 7.80. The normalized spacial score (nSPS) is 24.6. The van der Waals surface area contributed by atoms with Crippen LogP contribution in [0.4, 0.5) is 5.69 Å². The van der Waals surface area contributed by atoms with Gasteiger partial charge in [0.15, 0.2) is 0 Å². The molecule has 138 valence electrons. The van der Waals surface area contributed by atoms with E-state index in [0.29, 0.717) is 13.1 Å². The van der Waals surface area contributed by atoms with Crippen molar-refractivity contribution in [2.45, 2.75) is 33.6 Å². The van der Waals surface area contributed by atoms with Crippen LogP contribution in [0.5, 0.6) is 0 Å². The van der Waals surface area contributed by atoms with Crippen LogP contribution in [0, 0.1) is 16.7 Å². The van der Waals surface area contributed by atoms with Crippen LogP contribution in [-0.4, -0.2) is 48.9 Å². The molecule has 1 aliphatic rings. The summed E-state index contributed by atoms with van der Waals surface area (Å²) in [5.74, 6) is 0.0195. The van der Waals surface area contributed by atoms with Crippen molar-refractivity contribution in [3.8, 4) is 0 Å². The Morgan fingerprint density at radius 2 is 2.00 bits per heavy atom. The fraction of sp³-hybridized carbons (Fsp3) is 0.632. The third-order valence-electron chi connectivity index (χ3n) is 5.87. The lowest BCUT2D eigenvalue weighted by Crippen LogP contribution is -2.50. The zero-order valence-corrected chi connectivity index (χ0v) is 15.9. The lowest BCUT2D eigenvalue weighted by Gasteiger charge is -2.40. The van der Waals surface area contributed by atoms with Crippen LogP contribution >= 0.6 is 0 Å².